The first-order chi connectivity index (χ1) is 10.1. The van der Waals surface area contributed by atoms with E-state index in [1.54, 1.807) is 30.5 Å². The van der Waals surface area contributed by atoms with Crippen molar-refractivity contribution in [2.45, 2.75) is 0 Å². The molecule has 3 rings (SSSR count). The number of hydrogen-bond acceptors (Lipinski definition) is 2. The van der Waals surface area contributed by atoms with Crippen molar-refractivity contribution in [1.82, 2.24) is 4.98 Å². The Morgan fingerprint density at radius 3 is 2.33 bits per heavy atom. The van der Waals surface area contributed by atoms with Gasteiger partial charge in [-0.1, -0.05) is 24.3 Å². The largest absolute Gasteiger partial charge is 0.289 e. The molecule has 1 heterocycles. The Morgan fingerprint density at radius 2 is 1.62 bits per heavy atom. The summed E-state index contributed by atoms with van der Waals surface area (Å²) >= 11 is 0. The summed E-state index contributed by atoms with van der Waals surface area (Å²) in [4.78, 5) is 16.3. The van der Waals surface area contributed by atoms with Gasteiger partial charge < -0.3 is 0 Å². The van der Waals surface area contributed by atoms with Crippen LogP contribution in [0.4, 0.5) is 13.2 Å². The van der Waals surface area contributed by atoms with Crippen molar-refractivity contribution in [1.29, 1.82) is 0 Å². The van der Waals surface area contributed by atoms with Crippen LogP contribution in [0.15, 0.2) is 48.8 Å². The first-order valence-electron chi connectivity index (χ1n) is 6.10. The molecule has 0 aliphatic rings. The van der Waals surface area contributed by atoms with Crippen molar-refractivity contribution in [2.24, 2.45) is 0 Å². The summed E-state index contributed by atoms with van der Waals surface area (Å²) in [7, 11) is 0. The van der Waals surface area contributed by atoms with E-state index in [0.29, 0.717) is 17.5 Å². The molecule has 0 radical (unpaired) electrons. The highest BCUT2D eigenvalue weighted by atomic mass is 19.2. The molecule has 0 atom stereocenters. The molecule has 0 spiro atoms. The number of fused-ring (bicyclic) bond motifs is 1. The topological polar surface area (TPSA) is 30.0 Å². The summed E-state index contributed by atoms with van der Waals surface area (Å²) in [6.07, 6.45) is 2.90. The Morgan fingerprint density at radius 1 is 0.952 bits per heavy atom. The smallest absolute Gasteiger partial charge is 0.195 e. The van der Waals surface area contributed by atoms with Crippen molar-refractivity contribution in [2.75, 3.05) is 0 Å². The highest BCUT2D eigenvalue weighted by Gasteiger charge is 2.18. The molecule has 0 fully saturated rings. The quantitative estimate of drug-likeness (QED) is 0.529. The predicted molar refractivity (Wildman–Crippen MR) is 71.5 cm³/mol. The zero-order valence-corrected chi connectivity index (χ0v) is 10.6. The number of hydrogen-bond donors (Lipinski definition) is 0. The second kappa shape index (κ2) is 5.01. The minimum Gasteiger partial charge on any atom is -0.289 e. The zero-order chi connectivity index (χ0) is 15.0. The summed E-state index contributed by atoms with van der Waals surface area (Å²) in [6, 6.07) is 8.37. The van der Waals surface area contributed by atoms with Crippen LogP contribution in [-0.2, 0) is 0 Å². The minimum absolute atomic E-state index is 0.207. The maximum atomic E-state index is 13.2. The average molecular weight is 287 g/mol. The van der Waals surface area contributed by atoms with Crippen LogP contribution in [-0.4, -0.2) is 10.8 Å². The lowest BCUT2D eigenvalue weighted by atomic mass is 9.99. The molecule has 0 amide bonds. The summed E-state index contributed by atoms with van der Waals surface area (Å²) < 4.78 is 39.5. The van der Waals surface area contributed by atoms with E-state index in [0.717, 1.165) is 5.39 Å². The third-order valence-electron chi connectivity index (χ3n) is 3.16. The molecule has 0 bridgehead atoms. The van der Waals surface area contributed by atoms with E-state index in [4.69, 9.17) is 0 Å². The van der Waals surface area contributed by atoms with Crippen LogP contribution in [0.2, 0.25) is 0 Å². The number of halogens is 3. The summed E-state index contributed by atoms with van der Waals surface area (Å²) in [5.41, 5.74) is -0.0527. The molecule has 0 aliphatic heterocycles. The zero-order valence-electron chi connectivity index (χ0n) is 10.6. The highest BCUT2D eigenvalue weighted by Crippen LogP contribution is 2.22. The Bertz CT molecular complexity index is 833. The van der Waals surface area contributed by atoms with Crippen LogP contribution in [0.5, 0.6) is 0 Å². The van der Waals surface area contributed by atoms with E-state index in [2.05, 4.69) is 4.98 Å². The van der Waals surface area contributed by atoms with Gasteiger partial charge in [0.05, 0.1) is 0 Å². The lowest BCUT2D eigenvalue weighted by molar-refractivity contribution is 0.103. The predicted octanol–water partition coefficient (Wildman–Crippen LogP) is 3.88. The summed E-state index contributed by atoms with van der Waals surface area (Å²) in [5, 5.41) is 1.34. The van der Waals surface area contributed by atoms with Gasteiger partial charge >= 0.3 is 0 Å². The fourth-order valence-corrected chi connectivity index (χ4v) is 2.14. The lowest BCUT2D eigenvalue weighted by Gasteiger charge is -2.06. The van der Waals surface area contributed by atoms with Gasteiger partial charge in [-0.25, -0.2) is 13.2 Å². The number of carbonyl (C=O) groups excluding carboxylic acids is 1. The monoisotopic (exact) mass is 287 g/mol. The van der Waals surface area contributed by atoms with Crippen LogP contribution in [0, 0.1) is 17.5 Å². The minimum atomic E-state index is -1.59. The van der Waals surface area contributed by atoms with Crippen LogP contribution in [0.3, 0.4) is 0 Å². The van der Waals surface area contributed by atoms with Crippen LogP contribution < -0.4 is 0 Å². The van der Waals surface area contributed by atoms with Gasteiger partial charge in [0, 0.05) is 28.9 Å². The standard InChI is InChI=1S/C16H8F3NO/c17-13-5-10(6-14(18)15(13)19)16(21)12-8-20-7-9-3-1-2-4-11(9)12/h1-8H. The number of benzene rings is 2. The van der Waals surface area contributed by atoms with E-state index in [9.17, 15) is 18.0 Å². The maximum absolute atomic E-state index is 13.2. The molecule has 0 unspecified atom stereocenters. The second-order valence-corrected chi connectivity index (χ2v) is 4.49. The molecule has 5 heteroatoms. The third kappa shape index (κ3) is 2.27. The van der Waals surface area contributed by atoms with E-state index >= 15 is 0 Å². The molecular formula is C16H8F3NO. The average Bonchev–Trinajstić information content (AvgIpc) is 2.51. The van der Waals surface area contributed by atoms with E-state index in [1.165, 1.54) is 6.20 Å². The molecule has 104 valence electrons. The molecule has 0 saturated heterocycles. The summed E-state index contributed by atoms with van der Waals surface area (Å²) in [5.74, 6) is -5.00. The van der Waals surface area contributed by atoms with Crippen LogP contribution in [0.25, 0.3) is 10.8 Å². The van der Waals surface area contributed by atoms with Gasteiger partial charge in [-0.05, 0) is 17.5 Å². The molecule has 0 N–H and O–H groups in total. The third-order valence-corrected chi connectivity index (χ3v) is 3.16. The molecule has 2 aromatic carbocycles. The molecule has 0 saturated carbocycles. The van der Waals surface area contributed by atoms with Gasteiger partial charge in [0.25, 0.3) is 0 Å². The van der Waals surface area contributed by atoms with E-state index in [1.807, 2.05) is 0 Å². The second-order valence-electron chi connectivity index (χ2n) is 4.49. The summed E-state index contributed by atoms with van der Waals surface area (Å²) in [6.45, 7) is 0. The number of nitrogens with zero attached hydrogens (tertiary/aromatic N) is 1. The Balaban J connectivity index is 2.17. The molecular weight excluding hydrogens is 279 g/mol. The van der Waals surface area contributed by atoms with Crippen molar-refractivity contribution in [3.63, 3.8) is 0 Å². The van der Waals surface area contributed by atoms with Crippen LogP contribution >= 0.6 is 0 Å². The van der Waals surface area contributed by atoms with Gasteiger partial charge in [-0.3, -0.25) is 9.78 Å². The fourth-order valence-electron chi connectivity index (χ4n) is 2.14. The number of carbonyl (C=O) groups is 1. The fraction of sp³-hybridized carbons (Fsp3) is 0. The number of rotatable bonds is 2. The highest BCUT2D eigenvalue weighted by molar-refractivity contribution is 6.16. The normalized spacial score (nSPS) is 10.8. The first kappa shape index (κ1) is 13.3. The van der Waals surface area contributed by atoms with Crippen molar-refractivity contribution >= 4 is 16.6 Å². The van der Waals surface area contributed by atoms with Gasteiger partial charge in [-0.15, -0.1) is 0 Å². The van der Waals surface area contributed by atoms with Crippen LogP contribution in [0.1, 0.15) is 15.9 Å². The molecule has 0 aliphatic carbocycles. The van der Waals surface area contributed by atoms with E-state index in [-0.39, 0.29) is 11.1 Å². The van der Waals surface area contributed by atoms with Gasteiger partial charge in [-0.2, -0.15) is 0 Å². The maximum Gasteiger partial charge on any atom is 0.195 e. The number of aromatic nitrogens is 1. The SMILES string of the molecule is O=C(c1cc(F)c(F)c(F)c1)c1cncc2ccccc12. The van der Waals surface area contributed by atoms with E-state index < -0.39 is 23.2 Å². The first-order valence-corrected chi connectivity index (χ1v) is 6.10. The molecule has 21 heavy (non-hydrogen) atoms. The molecule has 2 nitrogen and oxygen atoms in total. The molecule has 1 aromatic heterocycles. The Labute approximate surface area is 117 Å². The van der Waals surface area contributed by atoms with Gasteiger partial charge in [0.2, 0.25) is 0 Å². The van der Waals surface area contributed by atoms with Gasteiger partial charge in [0.1, 0.15) is 0 Å². The van der Waals surface area contributed by atoms with Crippen molar-refractivity contribution in [3.05, 3.63) is 77.4 Å². The molecule has 3 aromatic rings. The number of pyridine rings is 1. The van der Waals surface area contributed by atoms with Gasteiger partial charge in [0.15, 0.2) is 23.2 Å². The Kier molecular flexibility index (Phi) is 3.17. The van der Waals surface area contributed by atoms with Crippen molar-refractivity contribution in [3.8, 4) is 0 Å². The lowest BCUT2D eigenvalue weighted by Crippen LogP contribution is -2.05. The van der Waals surface area contributed by atoms with Crippen molar-refractivity contribution < 1.29 is 18.0 Å². The Hall–Kier alpha value is -2.69. The number of ketones is 1.